The highest BCUT2D eigenvalue weighted by Crippen LogP contribution is 2.27. The number of hydrogen-bond acceptors (Lipinski definition) is 3. The van der Waals surface area contributed by atoms with Crippen LogP contribution >= 0.6 is 15.9 Å². The van der Waals surface area contributed by atoms with Crippen LogP contribution in [0.1, 0.15) is 5.56 Å². The molecule has 1 N–H and O–H groups in total. The lowest BCUT2D eigenvalue weighted by molar-refractivity contribution is 0.768. The number of hydrogen-bond donors (Lipinski definition) is 1. The molecule has 3 rings (SSSR count). The van der Waals surface area contributed by atoms with Gasteiger partial charge >= 0.3 is 0 Å². The van der Waals surface area contributed by atoms with Gasteiger partial charge in [0.05, 0.1) is 11.9 Å². The summed E-state index contributed by atoms with van der Waals surface area (Å²) in [6, 6.07) is 7.39. The maximum absolute atomic E-state index is 11.9. The van der Waals surface area contributed by atoms with Crippen molar-refractivity contribution >= 4 is 15.9 Å². The predicted molar refractivity (Wildman–Crippen MR) is 84.9 cm³/mol. The third kappa shape index (κ3) is 2.80. The maximum atomic E-state index is 11.9. The summed E-state index contributed by atoms with van der Waals surface area (Å²) >= 11 is 3.51. The van der Waals surface area contributed by atoms with E-state index in [1.807, 2.05) is 38.4 Å². The Bertz CT molecular complexity index is 866. The van der Waals surface area contributed by atoms with Crippen LogP contribution in [-0.2, 0) is 7.05 Å². The molecule has 5 nitrogen and oxygen atoms in total. The summed E-state index contributed by atoms with van der Waals surface area (Å²) in [6.07, 6.45) is 3.52. The molecule has 3 aromatic rings. The van der Waals surface area contributed by atoms with Gasteiger partial charge in [0.15, 0.2) is 0 Å². The molecule has 0 fully saturated rings. The van der Waals surface area contributed by atoms with Gasteiger partial charge in [0, 0.05) is 34.9 Å². The van der Waals surface area contributed by atoms with Gasteiger partial charge in [-0.25, -0.2) is 4.98 Å². The van der Waals surface area contributed by atoms with Crippen LogP contribution in [0.3, 0.4) is 0 Å². The minimum atomic E-state index is -0.189. The Morgan fingerprint density at radius 2 is 2.10 bits per heavy atom. The molecule has 2 aromatic heterocycles. The van der Waals surface area contributed by atoms with Gasteiger partial charge in [-0.3, -0.25) is 9.48 Å². The first kappa shape index (κ1) is 13.8. The van der Waals surface area contributed by atoms with E-state index in [1.54, 1.807) is 10.9 Å². The lowest BCUT2D eigenvalue weighted by atomic mass is 10.1. The molecule has 0 amide bonds. The Kier molecular flexibility index (Phi) is 3.47. The Morgan fingerprint density at radius 3 is 2.76 bits per heavy atom. The van der Waals surface area contributed by atoms with Crippen LogP contribution < -0.4 is 5.56 Å². The summed E-state index contributed by atoms with van der Waals surface area (Å²) in [5.41, 5.74) is 3.22. The number of aryl methyl sites for hydroxylation is 2. The smallest absolute Gasteiger partial charge is 0.251 e. The van der Waals surface area contributed by atoms with E-state index in [-0.39, 0.29) is 5.56 Å². The van der Waals surface area contributed by atoms with Gasteiger partial charge < -0.3 is 4.98 Å². The fourth-order valence-electron chi connectivity index (χ4n) is 2.10. The Labute approximate surface area is 129 Å². The second-order valence-electron chi connectivity index (χ2n) is 4.87. The van der Waals surface area contributed by atoms with Crippen molar-refractivity contribution in [1.82, 2.24) is 19.7 Å². The van der Waals surface area contributed by atoms with E-state index in [0.29, 0.717) is 11.5 Å². The molecule has 106 valence electrons. The maximum Gasteiger partial charge on any atom is 0.251 e. The highest BCUT2D eigenvalue weighted by molar-refractivity contribution is 9.10. The van der Waals surface area contributed by atoms with Crippen molar-refractivity contribution in [2.24, 2.45) is 7.05 Å². The van der Waals surface area contributed by atoms with Gasteiger partial charge in [-0.2, -0.15) is 5.10 Å². The van der Waals surface area contributed by atoms with Crippen LogP contribution in [0.15, 0.2) is 45.9 Å². The second kappa shape index (κ2) is 5.29. The van der Waals surface area contributed by atoms with Gasteiger partial charge in [-0.1, -0.05) is 22.0 Å². The molecule has 0 saturated heterocycles. The molecule has 0 radical (unpaired) electrons. The number of halogens is 1. The summed E-state index contributed by atoms with van der Waals surface area (Å²) in [7, 11) is 1.83. The number of rotatable bonds is 2. The molecular formula is C15H13BrN4O. The van der Waals surface area contributed by atoms with E-state index in [1.165, 1.54) is 6.07 Å². The van der Waals surface area contributed by atoms with Crippen LogP contribution in [0.4, 0.5) is 0 Å². The molecule has 0 atom stereocenters. The monoisotopic (exact) mass is 344 g/mol. The first-order valence-corrected chi connectivity index (χ1v) is 7.19. The van der Waals surface area contributed by atoms with Crippen molar-refractivity contribution < 1.29 is 0 Å². The molecule has 0 bridgehead atoms. The van der Waals surface area contributed by atoms with Gasteiger partial charge in [0.2, 0.25) is 0 Å². The summed E-state index contributed by atoms with van der Waals surface area (Å²) in [5.74, 6) is 0.535. The summed E-state index contributed by atoms with van der Waals surface area (Å²) < 4.78 is 2.58. The van der Waals surface area contributed by atoms with Gasteiger partial charge in [0.1, 0.15) is 5.82 Å². The number of aromatic amines is 1. The zero-order valence-electron chi connectivity index (χ0n) is 11.6. The summed E-state index contributed by atoms with van der Waals surface area (Å²) in [4.78, 5) is 19.2. The fourth-order valence-corrected chi connectivity index (χ4v) is 2.78. The molecule has 0 saturated carbocycles. The fraction of sp³-hybridized carbons (Fsp3) is 0.133. The molecule has 1 aromatic carbocycles. The highest BCUT2D eigenvalue weighted by Gasteiger charge is 2.10. The van der Waals surface area contributed by atoms with E-state index in [4.69, 9.17) is 0 Å². The zero-order valence-corrected chi connectivity index (χ0v) is 13.2. The lowest BCUT2D eigenvalue weighted by Gasteiger charge is -2.06. The SMILES string of the molecule is Cc1ccc(-c2nc(-c3cnn(C)c3)cc(=O)[nH]2)c(Br)c1. The van der Waals surface area contributed by atoms with Crippen LogP contribution in [0, 0.1) is 6.92 Å². The third-order valence-electron chi connectivity index (χ3n) is 3.12. The predicted octanol–water partition coefficient (Wildman–Crippen LogP) is 2.91. The standard InChI is InChI=1S/C15H13BrN4O/c1-9-3-4-11(12(16)5-9)15-18-13(6-14(21)19-15)10-7-17-20(2)8-10/h3-8H,1-2H3,(H,18,19,21). The highest BCUT2D eigenvalue weighted by atomic mass is 79.9. The van der Waals surface area contributed by atoms with Crippen LogP contribution in [-0.4, -0.2) is 19.7 Å². The third-order valence-corrected chi connectivity index (χ3v) is 3.78. The van der Waals surface area contributed by atoms with Crippen LogP contribution in [0.5, 0.6) is 0 Å². The van der Waals surface area contributed by atoms with Crippen molar-refractivity contribution in [3.63, 3.8) is 0 Å². The van der Waals surface area contributed by atoms with Gasteiger partial charge in [-0.15, -0.1) is 0 Å². The zero-order chi connectivity index (χ0) is 15.0. The van der Waals surface area contributed by atoms with Crippen molar-refractivity contribution in [2.75, 3.05) is 0 Å². The minimum Gasteiger partial charge on any atom is -0.306 e. The molecule has 2 heterocycles. The van der Waals surface area contributed by atoms with E-state index in [0.717, 1.165) is 21.2 Å². The number of H-pyrrole nitrogens is 1. The largest absolute Gasteiger partial charge is 0.306 e. The number of nitrogens with one attached hydrogen (secondary N) is 1. The topological polar surface area (TPSA) is 63.6 Å². The molecule has 0 spiro atoms. The van der Waals surface area contributed by atoms with E-state index in [2.05, 4.69) is 31.0 Å². The van der Waals surface area contributed by atoms with E-state index in [9.17, 15) is 4.79 Å². The summed E-state index contributed by atoms with van der Waals surface area (Å²) in [5, 5.41) is 4.11. The Hall–Kier alpha value is -2.21. The van der Waals surface area contributed by atoms with Crippen LogP contribution in [0.25, 0.3) is 22.6 Å². The number of aromatic nitrogens is 4. The molecule has 21 heavy (non-hydrogen) atoms. The summed E-state index contributed by atoms with van der Waals surface area (Å²) in [6.45, 7) is 2.01. The van der Waals surface area contributed by atoms with E-state index >= 15 is 0 Å². The Balaban J connectivity index is 2.16. The molecule has 0 aliphatic heterocycles. The molecule has 0 aliphatic carbocycles. The normalized spacial score (nSPS) is 10.8. The first-order valence-electron chi connectivity index (χ1n) is 6.40. The molecule has 0 aliphatic rings. The quantitative estimate of drug-likeness (QED) is 0.777. The van der Waals surface area contributed by atoms with Gasteiger partial charge in [0.25, 0.3) is 5.56 Å². The number of nitrogens with zero attached hydrogens (tertiary/aromatic N) is 3. The minimum absolute atomic E-state index is 0.189. The molecule has 0 unspecified atom stereocenters. The first-order chi connectivity index (χ1) is 10.0. The number of benzene rings is 1. The van der Waals surface area contributed by atoms with Crippen LogP contribution in [0.2, 0.25) is 0 Å². The second-order valence-corrected chi connectivity index (χ2v) is 5.72. The average Bonchev–Trinajstić information content (AvgIpc) is 2.84. The van der Waals surface area contributed by atoms with Gasteiger partial charge in [-0.05, 0) is 24.6 Å². The Morgan fingerprint density at radius 1 is 1.29 bits per heavy atom. The van der Waals surface area contributed by atoms with E-state index < -0.39 is 0 Å². The van der Waals surface area contributed by atoms with Crippen molar-refractivity contribution in [3.05, 3.63) is 57.0 Å². The van der Waals surface area contributed by atoms with Crippen molar-refractivity contribution in [1.29, 1.82) is 0 Å². The van der Waals surface area contributed by atoms with Crippen molar-refractivity contribution in [3.8, 4) is 22.6 Å². The lowest BCUT2D eigenvalue weighted by Crippen LogP contribution is -2.08. The molecule has 6 heteroatoms. The van der Waals surface area contributed by atoms with Crippen molar-refractivity contribution in [2.45, 2.75) is 6.92 Å². The molecular weight excluding hydrogens is 332 g/mol. The average molecular weight is 345 g/mol.